The largest absolute Gasteiger partial charge is 0.494 e. The van der Waals surface area contributed by atoms with Gasteiger partial charge in [0.25, 0.3) is 0 Å². The summed E-state index contributed by atoms with van der Waals surface area (Å²) in [6, 6.07) is 13.8. The Balaban J connectivity index is 2.07. The number of ether oxygens (including phenoxy) is 3. The number of hydrogen-bond donors (Lipinski definition) is 0. The molecule has 3 aromatic carbocycles. The predicted molar refractivity (Wildman–Crippen MR) is 93.7 cm³/mol. The number of fused-ring (bicyclic) bond motifs is 1. The highest BCUT2D eigenvalue weighted by molar-refractivity contribution is 5.90. The van der Waals surface area contributed by atoms with Crippen molar-refractivity contribution in [3.8, 4) is 28.4 Å². The van der Waals surface area contributed by atoms with Gasteiger partial charge in [-0.3, -0.25) is 0 Å². The van der Waals surface area contributed by atoms with Crippen LogP contribution >= 0.6 is 0 Å². The number of methoxy groups -OCH3 is 1. The van der Waals surface area contributed by atoms with E-state index in [1.54, 1.807) is 18.2 Å². The van der Waals surface area contributed by atoms with Crippen LogP contribution in [-0.4, -0.2) is 20.3 Å². The molecule has 0 bridgehead atoms. The van der Waals surface area contributed by atoms with E-state index in [2.05, 4.69) is 4.74 Å². The number of rotatable bonds is 6. The SMILES string of the molecule is CCOc1ccc(-c2ccc3c(F)c(OC)c(OC(F)F)cc3c2)cc1. The standard InChI is InChI=1S/C20H17F3O3/c1-3-25-15-7-4-12(5-8-15)13-6-9-16-14(10-13)11-17(26-20(22)23)19(24-2)18(16)21/h4-11,20H,3H2,1-2H3. The maximum Gasteiger partial charge on any atom is 0.387 e. The summed E-state index contributed by atoms with van der Waals surface area (Å²) in [5.74, 6) is -0.665. The summed E-state index contributed by atoms with van der Waals surface area (Å²) in [7, 11) is 1.21. The molecule has 136 valence electrons. The van der Waals surface area contributed by atoms with Crippen molar-refractivity contribution in [2.24, 2.45) is 0 Å². The average molecular weight is 362 g/mol. The number of hydrogen-bond acceptors (Lipinski definition) is 3. The summed E-state index contributed by atoms with van der Waals surface area (Å²) in [6.45, 7) is -0.599. The van der Waals surface area contributed by atoms with Crippen LogP contribution in [0.25, 0.3) is 21.9 Å². The highest BCUT2D eigenvalue weighted by Gasteiger charge is 2.18. The number of benzene rings is 3. The first-order chi connectivity index (χ1) is 12.5. The molecule has 3 aromatic rings. The van der Waals surface area contributed by atoms with Crippen LogP contribution in [0.1, 0.15) is 6.92 Å². The topological polar surface area (TPSA) is 27.7 Å². The van der Waals surface area contributed by atoms with Gasteiger partial charge in [-0.1, -0.05) is 24.3 Å². The monoisotopic (exact) mass is 362 g/mol. The third kappa shape index (κ3) is 3.54. The van der Waals surface area contributed by atoms with Crippen LogP contribution in [0.15, 0.2) is 48.5 Å². The molecule has 0 N–H and O–H groups in total. The van der Waals surface area contributed by atoms with Crippen LogP contribution in [0.4, 0.5) is 13.2 Å². The Morgan fingerprint density at radius 1 is 0.962 bits per heavy atom. The Labute approximate surface area is 148 Å². The summed E-state index contributed by atoms with van der Waals surface area (Å²) >= 11 is 0. The molecule has 0 radical (unpaired) electrons. The lowest BCUT2D eigenvalue weighted by Gasteiger charge is -2.13. The van der Waals surface area contributed by atoms with Gasteiger partial charge in [0.15, 0.2) is 17.3 Å². The van der Waals surface area contributed by atoms with Crippen LogP contribution in [-0.2, 0) is 0 Å². The van der Waals surface area contributed by atoms with E-state index in [1.165, 1.54) is 13.2 Å². The van der Waals surface area contributed by atoms with Crippen LogP contribution < -0.4 is 14.2 Å². The zero-order valence-corrected chi connectivity index (χ0v) is 14.3. The molecule has 0 aliphatic rings. The van der Waals surface area contributed by atoms with E-state index in [0.717, 1.165) is 16.9 Å². The second kappa shape index (κ2) is 7.56. The lowest BCUT2D eigenvalue weighted by Crippen LogP contribution is -2.04. The minimum atomic E-state index is -3.07. The minimum Gasteiger partial charge on any atom is -0.494 e. The Bertz CT molecular complexity index is 908. The molecule has 0 aromatic heterocycles. The molecule has 0 saturated heterocycles. The van der Waals surface area contributed by atoms with Crippen LogP contribution in [0, 0.1) is 5.82 Å². The van der Waals surface area contributed by atoms with Crippen molar-refractivity contribution in [1.29, 1.82) is 0 Å². The van der Waals surface area contributed by atoms with Gasteiger partial charge in [0, 0.05) is 5.39 Å². The second-order valence-corrected chi connectivity index (χ2v) is 5.49. The van der Waals surface area contributed by atoms with E-state index < -0.39 is 12.4 Å². The van der Waals surface area contributed by atoms with Crippen LogP contribution in [0.5, 0.6) is 17.2 Å². The number of halogens is 3. The lowest BCUT2D eigenvalue weighted by molar-refractivity contribution is -0.0513. The van der Waals surface area contributed by atoms with Gasteiger partial charge >= 0.3 is 6.61 Å². The molecule has 0 atom stereocenters. The van der Waals surface area contributed by atoms with E-state index in [9.17, 15) is 13.2 Å². The Kier molecular flexibility index (Phi) is 5.21. The van der Waals surface area contributed by atoms with E-state index in [1.807, 2.05) is 31.2 Å². The molecule has 0 saturated carbocycles. The Hall–Kier alpha value is -2.89. The van der Waals surface area contributed by atoms with Gasteiger partial charge < -0.3 is 14.2 Å². The molecule has 0 spiro atoms. The zero-order chi connectivity index (χ0) is 18.7. The molecule has 0 aliphatic carbocycles. The molecular weight excluding hydrogens is 345 g/mol. The molecule has 0 heterocycles. The minimum absolute atomic E-state index is 0.262. The fourth-order valence-corrected chi connectivity index (χ4v) is 2.78. The molecule has 0 unspecified atom stereocenters. The van der Waals surface area contributed by atoms with E-state index in [0.29, 0.717) is 12.0 Å². The van der Waals surface area contributed by atoms with Crippen molar-refractivity contribution in [3.63, 3.8) is 0 Å². The molecular formula is C20H17F3O3. The summed E-state index contributed by atoms with van der Waals surface area (Å²) in [5.41, 5.74) is 1.70. The molecule has 0 fully saturated rings. The quantitative estimate of drug-likeness (QED) is 0.567. The number of alkyl halides is 2. The van der Waals surface area contributed by atoms with Gasteiger partial charge in [0.1, 0.15) is 5.75 Å². The Morgan fingerprint density at radius 2 is 1.65 bits per heavy atom. The first kappa shape index (κ1) is 17.9. The van der Waals surface area contributed by atoms with Crippen molar-refractivity contribution in [2.75, 3.05) is 13.7 Å². The zero-order valence-electron chi connectivity index (χ0n) is 14.3. The summed E-state index contributed by atoms with van der Waals surface area (Å²) in [6.07, 6.45) is 0. The van der Waals surface area contributed by atoms with E-state index in [-0.39, 0.29) is 16.9 Å². The fourth-order valence-electron chi connectivity index (χ4n) is 2.78. The summed E-state index contributed by atoms with van der Waals surface area (Å²) < 4.78 is 54.5. The van der Waals surface area contributed by atoms with Crippen molar-refractivity contribution in [2.45, 2.75) is 13.5 Å². The molecule has 0 amide bonds. The molecule has 6 heteroatoms. The highest BCUT2D eigenvalue weighted by Crippen LogP contribution is 2.38. The van der Waals surface area contributed by atoms with Gasteiger partial charge in [-0.2, -0.15) is 8.78 Å². The summed E-state index contributed by atoms with van der Waals surface area (Å²) in [5, 5.41) is 0.698. The van der Waals surface area contributed by atoms with E-state index >= 15 is 0 Å². The van der Waals surface area contributed by atoms with Crippen molar-refractivity contribution in [3.05, 3.63) is 54.3 Å². The predicted octanol–water partition coefficient (Wildman–Crippen LogP) is 5.65. The van der Waals surface area contributed by atoms with Gasteiger partial charge in [-0.15, -0.1) is 0 Å². The fraction of sp³-hybridized carbons (Fsp3) is 0.200. The normalized spacial score (nSPS) is 11.0. The van der Waals surface area contributed by atoms with Crippen molar-refractivity contribution >= 4 is 10.8 Å². The van der Waals surface area contributed by atoms with Gasteiger partial charge in [0.05, 0.1) is 13.7 Å². The van der Waals surface area contributed by atoms with Crippen LogP contribution in [0.3, 0.4) is 0 Å². The van der Waals surface area contributed by atoms with Crippen molar-refractivity contribution < 1.29 is 27.4 Å². The smallest absolute Gasteiger partial charge is 0.387 e. The van der Waals surface area contributed by atoms with Crippen molar-refractivity contribution in [1.82, 2.24) is 0 Å². The maximum atomic E-state index is 14.6. The average Bonchev–Trinajstić information content (AvgIpc) is 2.62. The van der Waals surface area contributed by atoms with E-state index in [4.69, 9.17) is 9.47 Å². The molecule has 26 heavy (non-hydrogen) atoms. The molecule has 0 aliphatic heterocycles. The first-order valence-corrected chi connectivity index (χ1v) is 8.01. The lowest BCUT2D eigenvalue weighted by atomic mass is 10.0. The molecule has 3 rings (SSSR count). The van der Waals surface area contributed by atoms with Gasteiger partial charge in [-0.25, -0.2) is 4.39 Å². The van der Waals surface area contributed by atoms with Gasteiger partial charge in [0.2, 0.25) is 0 Å². The summed E-state index contributed by atoms with van der Waals surface area (Å²) in [4.78, 5) is 0. The highest BCUT2D eigenvalue weighted by atomic mass is 19.3. The third-order valence-electron chi connectivity index (χ3n) is 3.92. The van der Waals surface area contributed by atoms with Crippen LogP contribution in [0.2, 0.25) is 0 Å². The van der Waals surface area contributed by atoms with Gasteiger partial charge in [-0.05, 0) is 47.7 Å². The molecule has 3 nitrogen and oxygen atoms in total. The first-order valence-electron chi connectivity index (χ1n) is 8.01. The Morgan fingerprint density at radius 3 is 2.27 bits per heavy atom. The second-order valence-electron chi connectivity index (χ2n) is 5.49. The maximum absolute atomic E-state index is 14.6. The third-order valence-corrected chi connectivity index (χ3v) is 3.92.